The first-order valence-corrected chi connectivity index (χ1v) is 9.13. The van der Waals surface area contributed by atoms with Crippen molar-refractivity contribution in [2.45, 2.75) is 37.5 Å². The highest BCUT2D eigenvalue weighted by Gasteiger charge is 2.43. The Labute approximate surface area is 147 Å². The van der Waals surface area contributed by atoms with Gasteiger partial charge >= 0.3 is 0 Å². The zero-order valence-corrected chi connectivity index (χ0v) is 14.2. The predicted molar refractivity (Wildman–Crippen MR) is 91.5 cm³/mol. The van der Waals surface area contributed by atoms with Gasteiger partial charge in [-0.05, 0) is 37.2 Å². The smallest absolute Gasteiger partial charge is 0.241 e. The van der Waals surface area contributed by atoms with Crippen molar-refractivity contribution in [1.29, 1.82) is 0 Å². The van der Waals surface area contributed by atoms with Crippen LogP contribution in [0.3, 0.4) is 0 Å². The lowest BCUT2D eigenvalue weighted by atomic mass is 9.88. The molecule has 0 bridgehead atoms. The SMILES string of the molecule is O=C(C1NNC2CCNCC21)N1CCC(Oc2ccc(F)cc2)CC1. The Kier molecular flexibility index (Phi) is 4.87. The fourth-order valence-electron chi connectivity index (χ4n) is 4.06. The molecule has 25 heavy (non-hydrogen) atoms. The van der Waals surface area contributed by atoms with Gasteiger partial charge < -0.3 is 15.0 Å². The zero-order chi connectivity index (χ0) is 17.2. The number of hydrogen-bond donors (Lipinski definition) is 3. The van der Waals surface area contributed by atoms with Crippen molar-refractivity contribution in [2.24, 2.45) is 5.92 Å². The van der Waals surface area contributed by atoms with Crippen LogP contribution in [0.15, 0.2) is 24.3 Å². The molecule has 3 N–H and O–H groups in total. The van der Waals surface area contributed by atoms with E-state index in [2.05, 4.69) is 16.2 Å². The summed E-state index contributed by atoms with van der Waals surface area (Å²) < 4.78 is 18.9. The van der Waals surface area contributed by atoms with E-state index in [0.717, 1.165) is 32.4 Å². The standard InChI is InChI=1S/C18H25FN4O2/c19-12-1-3-13(4-2-12)25-14-6-9-23(10-7-14)18(24)17-15-11-20-8-5-16(15)21-22-17/h1-4,14-17,20-22H,5-11H2. The van der Waals surface area contributed by atoms with E-state index < -0.39 is 0 Å². The molecule has 0 aromatic heterocycles. The van der Waals surface area contributed by atoms with Gasteiger partial charge in [-0.15, -0.1) is 0 Å². The number of ether oxygens (including phenoxy) is 1. The molecule has 3 atom stereocenters. The highest BCUT2D eigenvalue weighted by atomic mass is 19.1. The number of nitrogens with one attached hydrogen (secondary N) is 3. The van der Waals surface area contributed by atoms with Crippen LogP contribution in [-0.2, 0) is 4.79 Å². The maximum atomic E-state index is 13.0. The van der Waals surface area contributed by atoms with E-state index >= 15 is 0 Å². The fourth-order valence-corrected chi connectivity index (χ4v) is 4.06. The fraction of sp³-hybridized carbons (Fsp3) is 0.611. The molecule has 3 aliphatic heterocycles. The number of benzene rings is 1. The summed E-state index contributed by atoms with van der Waals surface area (Å²) in [5.41, 5.74) is 6.49. The Balaban J connectivity index is 1.29. The Bertz CT molecular complexity index is 604. The second kappa shape index (κ2) is 7.27. The molecular weight excluding hydrogens is 323 g/mol. The third kappa shape index (κ3) is 3.63. The van der Waals surface area contributed by atoms with Crippen LogP contribution in [0.1, 0.15) is 19.3 Å². The topological polar surface area (TPSA) is 65.6 Å². The number of fused-ring (bicyclic) bond motifs is 1. The van der Waals surface area contributed by atoms with Crippen LogP contribution in [0.25, 0.3) is 0 Å². The monoisotopic (exact) mass is 348 g/mol. The van der Waals surface area contributed by atoms with Crippen molar-refractivity contribution in [3.8, 4) is 5.75 Å². The molecule has 3 aliphatic rings. The number of carbonyl (C=O) groups excluding carboxylic acids is 1. The summed E-state index contributed by atoms with van der Waals surface area (Å²) in [4.78, 5) is 14.8. The Morgan fingerprint density at radius 3 is 2.64 bits per heavy atom. The van der Waals surface area contributed by atoms with Gasteiger partial charge in [-0.1, -0.05) is 0 Å². The number of halogens is 1. The number of hydrogen-bond acceptors (Lipinski definition) is 5. The number of amides is 1. The number of nitrogens with zero attached hydrogens (tertiary/aromatic N) is 1. The van der Waals surface area contributed by atoms with Crippen LogP contribution in [0.5, 0.6) is 5.75 Å². The Hall–Kier alpha value is -1.70. The third-order valence-electron chi connectivity index (χ3n) is 5.52. The molecule has 0 spiro atoms. The van der Waals surface area contributed by atoms with Gasteiger partial charge in [0.25, 0.3) is 0 Å². The number of hydrazine groups is 1. The Morgan fingerprint density at radius 1 is 1.12 bits per heavy atom. The maximum absolute atomic E-state index is 13.0. The lowest BCUT2D eigenvalue weighted by Gasteiger charge is -2.35. The third-order valence-corrected chi connectivity index (χ3v) is 5.52. The number of piperidine rings is 2. The number of carbonyl (C=O) groups is 1. The van der Waals surface area contributed by atoms with Crippen LogP contribution in [0, 0.1) is 11.7 Å². The van der Waals surface area contributed by atoms with Crippen molar-refractivity contribution in [3.63, 3.8) is 0 Å². The van der Waals surface area contributed by atoms with Gasteiger partial charge in [0.15, 0.2) is 0 Å². The minimum Gasteiger partial charge on any atom is -0.490 e. The van der Waals surface area contributed by atoms with Crippen molar-refractivity contribution in [1.82, 2.24) is 21.1 Å². The van der Waals surface area contributed by atoms with E-state index in [1.54, 1.807) is 12.1 Å². The molecular formula is C18H25FN4O2. The normalized spacial score (nSPS) is 30.1. The van der Waals surface area contributed by atoms with E-state index in [9.17, 15) is 9.18 Å². The van der Waals surface area contributed by atoms with Crippen molar-refractivity contribution >= 4 is 5.91 Å². The van der Waals surface area contributed by atoms with Crippen molar-refractivity contribution < 1.29 is 13.9 Å². The van der Waals surface area contributed by atoms with E-state index in [-0.39, 0.29) is 23.9 Å². The van der Waals surface area contributed by atoms with Gasteiger partial charge in [0, 0.05) is 44.4 Å². The van der Waals surface area contributed by atoms with Gasteiger partial charge in [-0.25, -0.2) is 9.82 Å². The average Bonchev–Trinajstić information content (AvgIpc) is 3.08. The van der Waals surface area contributed by atoms with Crippen LogP contribution in [0.4, 0.5) is 4.39 Å². The van der Waals surface area contributed by atoms with E-state index in [1.807, 2.05) is 4.90 Å². The average molecular weight is 348 g/mol. The van der Waals surface area contributed by atoms with E-state index in [1.165, 1.54) is 12.1 Å². The van der Waals surface area contributed by atoms with Crippen molar-refractivity contribution in [3.05, 3.63) is 30.1 Å². The Morgan fingerprint density at radius 2 is 1.88 bits per heavy atom. The maximum Gasteiger partial charge on any atom is 0.241 e. The van der Waals surface area contributed by atoms with Crippen LogP contribution < -0.4 is 20.9 Å². The van der Waals surface area contributed by atoms with Gasteiger partial charge in [0.1, 0.15) is 23.7 Å². The summed E-state index contributed by atoms with van der Waals surface area (Å²) in [6.45, 7) is 3.29. The van der Waals surface area contributed by atoms with Gasteiger partial charge in [0.05, 0.1) is 0 Å². The molecule has 136 valence electrons. The van der Waals surface area contributed by atoms with E-state index in [0.29, 0.717) is 30.8 Å². The molecule has 1 aromatic carbocycles. The molecule has 3 saturated heterocycles. The first-order valence-electron chi connectivity index (χ1n) is 9.13. The minimum atomic E-state index is -0.263. The molecule has 3 fully saturated rings. The molecule has 0 saturated carbocycles. The highest BCUT2D eigenvalue weighted by Crippen LogP contribution is 2.24. The summed E-state index contributed by atoms with van der Waals surface area (Å²) in [7, 11) is 0. The predicted octanol–water partition coefficient (Wildman–Crippen LogP) is 0.650. The molecule has 7 heteroatoms. The summed E-state index contributed by atoms with van der Waals surface area (Å²) in [6.07, 6.45) is 2.73. The van der Waals surface area contributed by atoms with E-state index in [4.69, 9.17) is 4.74 Å². The molecule has 3 heterocycles. The van der Waals surface area contributed by atoms with Crippen LogP contribution in [0.2, 0.25) is 0 Å². The molecule has 1 amide bonds. The van der Waals surface area contributed by atoms with Gasteiger partial charge in [0.2, 0.25) is 5.91 Å². The summed E-state index contributed by atoms with van der Waals surface area (Å²) >= 11 is 0. The summed E-state index contributed by atoms with van der Waals surface area (Å²) in [6, 6.07) is 6.35. The first kappa shape index (κ1) is 16.8. The summed E-state index contributed by atoms with van der Waals surface area (Å²) in [5.74, 6) is 0.920. The minimum absolute atomic E-state index is 0.0771. The first-order chi connectivity index (χ1) is 12.2. The van der Waals surface area contributed by atoms with Gasteiger partial charge in [-0.2, -0.15) is 0 Å². The second-order valence-electron chi connectivity index (χ2n) is 7.13. The molecule has 1 aromatic rings. The zero-order valence-electron chi connectivity index (χ0n) is 14.2. The van der Waals surface area contributed by atoms with Crippen LogP contribution in [-0.4, -0.2) is 55.2 Å². The quantitative estimate of drug-likeness (QED) is 0.749. The largest absolute Gasteiger partial charge is 0.490 e. The summed E-state index contributed by atoms with van der Waals surface area (Å²) in [5, 5.41) is 3.38. The van der Waals surface area contributed by atoms with Crippen LogP contribution >= 0.6 is 0 Å². The number of rotatable bonds is 3. The molecule has 6 nitrogen and oxygen atoms in total. The highest BCUT2D eigenvalue weighted by molar-refractivity contribution is 5.82. The molecule has 4 rings (SSSR count). The molecule has 0 aliphatic carbocycles. The van der Waals surface area contributed by atoms with Gasteiger partial charge in [-0.3, -0.25) is 10.2 Å². The number of likely N-dealkylation sites (tertiary alicyclic amines) is 1. The molecule has 3 unspecified atom stereocenters. The van der Waals surface area contributed by atoms with Crippen molar-refractivity contribution in [2.75, 3.05) is 26.2 Å². The lowest BCUT2D eigenvalue weighted by Crippen LogP contribution is -2.53. The lowest BCUT2D eigenvalue weighted by molar-refractivity contribution is -0.136. The molecule has 0 radical (unpaired) electrons. The second-order valence-corrected chi connectivity index (χ2v) is 7.13.